The number of nitro groups is 1. The molecule has 0 saturated carbocycles. The summed E-state index contributed by atoms with van der Waals surface area (Å²) in [7, 11) is 0. The maximum Gasteiger partial charge on any atom is 0.288 e. The van der Waals surface area contributed by atoms with Crippen LogP contribution in [0.3, 0.4) is 0 Å². The number of benzene rings is 1. The number of halogens is 1. The quantitative estimate of drug-likeness (QED) is 0.474. The lowest BCUT2D eigenvalue weighted by Gasteiger charge is -2.09. The van der Waals surface area contributed by atoms with Crippen LogP contribution in [0.1, 0.15) is 18.9 Å². The van der Waals surface area contributed by atoms with Crippen molar-refractivity contribution in [3.05, 3.63) is 38.9 Å². The van der Waals surface area contributed by atoms with Gasteiger partial charge in [-0.2, -0.15) is 11.8 Å². The minimum absolute atomic E-state index is 0.0338. The maximum atomic E-state index is 10.7. The zero-order valence-corrected chi connectivity index (χ0v) is 12.1. The Labute approximate surface area is 116 Å². The third kappa shape index (κ3) is 4.84. The summed E-state index contributed by atoms with van der Waals surface area (Å²) in [5.74, 6) is 0. The fourth-order valence-corrected chi connectivity index (χ4v) is 2.00. The number of thioether (sulfide) groups is 1. The van der Waals surface area contributed by atoms with Gasteiger partial charge in [-0.3, -0.25) is 10.1 Å². The molecular weight excluding hydrogens is 272 g/mol. The van der Waals surface area contributed by atoms with Crippen LogP contribution in [0, 0.1) is 10.1 Å². The summed E-state index contributed by atoms with van der Waals surface area (Å²) >= 11 is 7.58. The molecule has 4 nitrogen and oxygen atoms in total. The van der Waals surface area contributed by atoms with E-state index in [1.807, 2.05) is 11.8 Å². The fourth-order valence-electron chi connectivity index (χ4n) is 1.46. The van der Waals surface area contributed by atoms with Gasteiger partial charge in [0.1, 0.15) is 5.02 Å². The molecule has 0 aliphatic rings. The van der Waals surface area contributed by atoms with Gasteiger partial charge in [0.15, 0.2) is 0 Å². The molecule has 0 bridgehead atoms. The molecule has 1 atom stereocenters. The second kappa shape index (κ2) is 7.61. The second-order valence-electron chi connectivity index (χ2n) is 4.05. The van der Waals surface area contributed by atoms with Crippen LogP contribution in [0.15, 0.2) is 18.2 Å². The molecule has 0 aliphatic carbocycles. The monoisotopic (exact) mass is 288 g/mol. The standard InChI is InChI=1S/C12H17ClN2O2S/c1-9(18-2)5-6-14-8-10-3-4-11(13)12(7-10)15(16)17/h3-4,7,9,14H,5-6,8H2,1-2H3. The van der Waals surface area contributed by atoms with E-state index in [2.05, 4.69) is 18.5 Å². The molecule has 0 amide bonds. The van der Waals surface area contributed by atoms with Gasteiger partial charge in [0.05, 0.1) is 4.92 Å². The van der Waals surface area contributed by atoms with Crippen molar-refractivity contribution in [2.45, 2.75) is 25.1 Å². The van der Waals surface area contributed by atoms with Crippen LogP contribution < -0.4 is 5.32 Å². The molecule has 0 fully saturated rings. The van der Waals surface area contributed by atoms with Crippen LogP contribution in [0.2, 0.25) is 5.02 Å². The largest absolute Gasteiger partial charge is 0.313 e. The minimum atomic E-state index is -0.457. The Hall–Kier alpha value is -0.780. The van der Waals surface area contributed by atoms with E-state index in [1.54, 1.807) is 12.1 Å². The SMILES string of the molecule is CSC(C)CCNCc1ccc(Cl)c([N+](=O)[O-])c1. The highest BCUT2D eigenvalue weighted by Gasteiger charge is 2.12. The van der Waals surface area contributed by atoms with Crippen LogP contribution in [0.25, 0.3) is 0 Å². The van der Waals surface area contributed by atoms with Gasteiger partial charge in [-0.05, 0) is 30.9 Å². The van der Waals surface area contributed by atoms with E-state index in [1.165, 1.54) is 6.07 Å². The van der Waals surface area contributed by atoms with Crippen LogP contribution in [0.5, 0.6) is 0 Å². The topological polar surface area (TPSA) is 55.2 Å². The average Bonchev–Trinajstić information content (AvgIpc) is 2.35. The van der Waals surface area contributed by atoms with E-state index in [9.17, 15) is 10.1 Å². The smallest absolute Gasteiger partial charge is 0.288 e. The summed E-state index contributed by atoms with van der Waals surface area (Å²) < 4.78 is 0. The third-order valence-electron chi connectivity index (χ3n) is 2.67. The number of rotatable bonds is 7. The van der Waals surface area contributed by atoms with Crippen molar-refractivity contribution in [3.63, 3.8) is 0 Å². The van der Waals surface area contributed by atoms with Gasteiger partial charge in [0.25, 0.3) is 5.69 Å². The Balaban J connectivity index is 2.48. The van der Waals surface area contributed by atoms with Gasteiger partial charge in [0.2, 0.25) is 0 Å². The molecular formula is C12H17ClN2O2S. The highest BCUT2D eigenvalue weighted by Crippen LogP contribution is 2.24. The number of hydrogen-bond acceptors (Lipinski definition) is 4. The maximum absolute atomic E-state index is 10.7. The van der Waals surface area contributed by atoms with Gasteiger partial charge in [-0.1, -0.05) is 24.6 Å². The first-order valence-corrected chi connectivity index (χ1v) is 7.37. The Kier molecular flexibility index (Phi) is 6.46. The number of nitrogens with zero attached hydrogens (tertiary/aromatic N) is 1. The van der Waals surface area contributed by atoms with E-state index in [0.717, 1.165) is 18.5 Å². The summed E-state index contributed by atoms with van der Waals surface area (Å²) in [4.78, 5) is 10.3. The van der Waals surface area contributed by atoms with Gasteiger partial charge in [-0.25, -0.2) is 0 Å². The Morgan fingerprint density at radius 1 is 1.56 bits per heavy atom. The number of hydrogen-bond donors (Lipinski definition) is 1. The first-order chi connectivity index (χ1) is 8.54. The van der Waals surface area contributed by atoms with E-state index in [4.69, 9.17) is 11.6 Å². The van der Waals surface area contributed by atoms with Gasteiger partial charge >= 0.3 is 0 Å². The molecule has 0 aliphatic heterocycles. The van der Waals surface area contributed by atoms with Gasteiger partial charge in [-0.15, -0.1) is 0 Å². The number of nitro benzene ring substituents is 1. The lowest BCUT2D eigenvalue weighted by Crippen LogP contribution is -2.17. The highest BCUT2D eigenvalue weighted by atomic mass is 35.5. The summed E-state index contributed by atoms with van der Waals surface area (Å²) in [5.41, 5.74) is 0.844. The first-order valence-electron chi connectivity index (χ1n) is 5.71. The lowest BCUT2D eigenvalue weighted by molar-refractivity contribution is -0.384. The van der Waals surface area contributed by atoms with Crippen molar-refractivity contribution < 1.29 is 4.92 Å². The summed E-state index contributed by atoms with van der Waals surface area (Å²) in [6, 6.07) is 4.90. The molecule has 1 N–H and O–H groups in total. The third-order valence-corrected chi connectivity index (χ3v) is 4.03. The predicted octanol–water partition coefficient (Wildman–Crippen LogP) is 3.48. The fraction of sp³-hybridized carbons (Fsp3) is 0.500. The van der Waals surface area contributed by atoms with Crippen molar-refractivity contribution in [2.75, 3.05) is 12.8 Å². The first kappa shape index (κ1) is 15.3. The van der Waals surface area contributed by atoms with Crippen LogP contribution in [0.4, 0.5) is 5.69 Å². The van der Waals surface area contributed by atoms with Crippen LogP contribution in [-0.4, -0.2) is 23.0 Å². The van der Waals surface area contributed by atoms with Crippen LogP contribution in [-0.2, 0) is 6.54 Å². The summed E-state index contributed by atoms with van der Waals surface area (Å²) in [5, 5.41) is 14.8. The molecule has 0 radical (unpaired) electrons. The highest BCUT2D eigenvalue weighted by molar-refractivity contribution is 7.99. The Morgan fingerprint density at radius 2 is 2.28 bits per heavy atom. The van der Waals surface area contributed by atoms with Crippen molar-refractivity contribution in [1.29, 1.82) is 0 Å². The van der Waals surface area contributed by atoms with Crippen molar-refractivity contribution in [1.82, 2.24) is 5.32 Å². The lowest BCUT2D eigenvalue weighted by atomic mass is 10.2. The molecule has 0 aromatic heterocycles. The molecule has 100 valence electrons. The Morgan fingerprint density at radius 3 is 2.89 bits per heavy atom. The predicted molar refractivity (Wildman–Crippen MR) is 77.4 cm³/mol. The van der Waals surface area contributed by atoms with Gasteiger partial charge in [0, 0.05) is 17.9 Å². The molecule has 6 heteroatoms. The van der Waals surface area contributed by atoms with Gasteiger partial charge < -0.3 is 5.32 Å². The van der Waals surface area contributed by atoms with E-state index < -0.39 is 4.92 Å². The molecule has 1 rings (SSSR count). The van der Waals surface area contributed by atoms with Crippen molar-refractivity contribution in [2.24, 2.45) is 0 Å². The van der Waals surface area contributed by atoms with E-state index >= 15 is 0 Å². The summed E-state index contributed by atoms with van der Waals surface area (Å²) in [6.07, 6.45) is 3.17. The van der Waals surface area contributed by atoms with E-state index in [-0.39, 0.29) is 10.7 Å². The van der Waals surface area contributed by atoms with Crippen molar-refractivity contribution >= 4 is 29.1 Å². The normalized spacial score (nSPS) is 12.4. The Bertz CT molecular complexity index is 415. The summed E-state index contributed by atoms with van der Waals surface area (Å²) in [6.45, 7) is 3.71. The molecule has 18 heavy (non-hydrogen) atoms. The van der Waals surface area contributed by atoms with E-state index in [0.29, 0.717) is 11.8 Å². The molecule has 0 heterocycles. The molecule has 0 spiro atoms. The average molecular weight is 289 g/mol. The second-order valence-corrected chi connectivity index (χ2v) is 5.74. The molecule has 0 saturated heterocycles. The molecule has 1 aromatic carbocycles. The minimum Gasteiger partial charge on any atom is -0.313 e. The van der Waals surface area contributed by atoms with Crippen LogP contribution >= 0.6 is 23.4 Å². The zero-order valence-electron chi connectivity index (χ0n) is 10.5. The molecule has 1 aromatic rings. The number of nitrogens with one attached hydrogen (secondary N) is 1. The zero-order chi connectivity index (χ0) is 13.5. The van der Waals surface area contributed by atoms with Crippen molar-refractivity contribution in [3.8, 4) is 0 Å². The molecule has 1 unspecified atom stereocenters.